The van der Waals surface area contributed by atoms with Crippen molar-refractivity contribution in [3.05, 3.63) is 65.4 Å². The lowest BCUT2D eigenvalue weighted by Crippen LogP contribution is -2.41. The van der Waals surface area contributed by atoms with Crippen molar-refractivity contribution >= 4 is 35.1 Å². The summed E-state index contributed by atoms with van der Waals surface area (Å²) in [4.78, 5) is 25.7. The molecule has 0 saturated carbocycles. The van der Waals surface area contributed by atoms with Gasteiger partial charge in [0.25, 0.3) is 5.91 Å². The summed E-state index contributed by atoms with van der Waals surface area (Å²) in [5.74, 6) is -1.97. The van der Waals surface area contributed by atoms with Gasteiger partial charge >= 0.3 is 0 Å². The number of thioether (sulfide) groups is 1. The number of amides is 2. The Morgan fingerprint density at radius 2 is 2.05 bits per heavy atom. The average molecular weight is 558 g/mol. The third-order valence-corrected chi connectivity index (χ3v) is 6.89. The van der Waals surface area contributed by atoms with Crippen LogP contribution in [0.5, 0.6) is 5.75 Å². The van der Waals surface area contributed by atoms with Crippen LogP contribution in [0.3, 0.4) is 0 Å². The first-order valence-corrected chi connectivity index (χ1v) is 14.2. The first-order valence-electron chi connectivity index (χ1n) is 12.8. The molecule has 0 fully saturated rings. The molecule has 1 aliphatic rings. The predicted octanol–water partition coefficient (Wildman–Crippen LogP) is 4.86. The van der Waals surface area contributed by atoms with Gasteiger partial charge in [0.05, 0.1) is 23.7 Å². The minimum absolute atomic E-state index is 0.147. The number of hydrogen-bond donors (Lipinski definition) is 3. The van der Waals surface area contributed by atoms with Crippen LogP contribution in [0.4, 0.5) is 20.3 Å². The number of benzene rings is 2. The van der Waals surface area contributed by atoms with Gasteiger partial charge in [0.15, 0.2) is 0 Å². The molecule has 0 radical (unpaired) electrons. The Labute approximate surface area is 230 Å². The molecule has 4 N–H and O–H groups in total. The Hall–Kier alpha value is -3.60. The van der Waals surface area contributed by atoms with E-state index in [0.29, 0.717) is 53.5 Å². The maximum absolute atomic E-state index is 13.2. The van der Waals surface area contributed by atoms with Crippen LogP contribution >= 0.6 is 11.8 Å². The highest BCUT2D eigenvalue weighted by molar-refractivity contribution is 7.99. The number of ether oxygens (including phenoxy) is 1. The van der Waals surface area contributed by atoms with Gasteiger partial charge in [-0.3, -0.25) is 9.59 Å². The van der Waals surface area contributed by atoms with Crippen molar-refractivity contribution in [3.8, 4) is 11.4 Å². The third kappa shape index (κ3) is 7.72. The van der Waals surface area contributed by atoms with Gasteiger partial charge in [0.1, 0.15) is 17.1 Å². The lowest BCUT2D eigenvalue weighted by Gasteiger charge is -2.23. The number of rotatable bonds is 12. The zero-order valence-electron chi connectivity index (χ0n) is 22.0. The number of anilines is 2. The van der Waals surface area contributed by atoms with Crippen LogP contribution in [-0.4, -0.2) is 52.2 Å². The number of hydrogen-bond acceptors (Lipinski definition) is 6. The molecule has 1 aliphatic heterocycles. The van der Waals surface area contributed by atoms with Gasteiger partial charge < -0.3 is 21.1 Å². The molecule has 2 amide bonds. The number of nitrogens with two attached hydrogens (primary N) is 1. The standard InChI is InChI=1S/C28H33F2N5O3S/c1-28(29,30)13-4-14-38-22-6-3-5-18(15-22)7-10-20-16-23-25(27(37)32-20)26(33-24(36)17-39-2)35(34-23)21-11-8-19(31)9-12-21/h3,5-6,8-9,11-12,15,20H,4,7,10,13-14,16-17,31H2,1-2H3,(H,32,37)(H,33,36)/t20-/m0/s1. The van der Waals surface area contributed by atoms with Crippen molar-refractivity contribution in [3.63, 3.8) is 0 Å². The molecule has 208 valence electrons. The van der Waals surface area contributed by atoms with E-state index in [2.05, 4.69) is 10.6 Å². The fourth-order valence-electron chi connectivity index (χ4n) is 4.48. The molecule has 3 aromatic rings. The van der Waals surface area contributed by atoms with Crippen LogP contribution in [0.15, 0.2) is 48.5 Å². The van der Waals surface area contributed by atoms with Crippen molar-refractivity contribution in [1.29, 1.82) is 0 Å². The molecular formula is C28H33F2N5O3S. The van der Waals surface area contributed by atoms with Gasteiger partial charge in [-0.1, -0.05) is 12.1 Å². The number of nitrogens with zero attached hydrogens (tertiary/aromatic N) is 2. The van der Waals surface area contributed by atoms with E-state index in [9.17, 15) is 18.4 Å². The van der Waals surface area contributed by atoms with Crippen molar-refractivity contribution in [1.82, 2.24) is 15.1 Å². The Morgan fingerprint density at radius 3 is 2.77 bits per heavy atom. The topological polar surface area (TPSA) is 111 Å². The van der Waals surface area contributed by atoms with Gasteiger partial charge in [-0.05, 0) is 74.4 Å². The first kappa shape index (κ1) is 28.4. The average Bonchev–Trinajstić information content (AvgIpc) is 3.24. The zero-order valence-corrected chi connectivity index (χ0v) is 22.8. The number of nitrogens with one attached hydrogen (secondary N) is 2. The molecule has 1 atom stereocenters. The van der Waals surface area contributed by atoms with Crippen LogP contribution < -0.4 is 21.1 Å². The Morgan fingerprint density at radius 1 is 1.28 bits per heavy atom. The van der Waals surface area contributed by atoms with E-state index < -0.39 is 5.92 Å². The van der Waals surface area contributed by atoms with Crippen molar-refractivity contribution in [2.45, 2.75) is 51.0 Å². The van der Waals surface area contributed by atoms with E-state index in [0.717, 1.165) is 12.5 Å². The molecule has 39 heavy (non-hydrogen) atoms. The number of aryl methyl sites for hydroxylation is 1. The summed E-state index contributed by atoms with van der Waals surface area (Å²) in [7, 11) is 0. The van der Waals surface area contributed by atoms with Crippen LogP contribution in [0.2, 0.25) is 0 Å². The van der Waals surface area contributed by atoms with Gasteiger partial charge in [-0.25, -0.2) is 13.5 Å². The number of carbonyl (C=O) groups is 2. The lowest BCUT2D eigenvalue weighted by atomic mass is 9.96. The van der Waals surface area contributed by atoms with E-state index in [1.807, 2.05) is 24.5 Å². The molecule has 2 aromatic carbocycles. The molecule has 0 unspecified atom stereocenters. The summed E-state index contributed by atoms with van der Waals surface area (Å²) >= 11 is 1.39. The second-order valence-corrected chi connectivity index (χ2v) is 10.6. The van der Waals surface area contributed by atoms with Gasteiger partial charge in [-0.15, -0.1) is 0 Å². The number of carbonyl (C=O) groups excluding carboxylic acids is 2. The summed E-state index contributed by atoms with van der Waals surface area (Å²) < 4.78 is 33.2. The smallest absolute Gasteiger partial charge is 0.257 e. The molecule has 0 saturated heterocycles. The molecule has 4 rings (SSSR count). The van der Waals surface area contributed by atoms with Crippen LogP contribution in [0, 0.1) is 0 Å². The molecule has 0 spiro atoms. The maximum Gasteiger partial charge on any atom is 0.257 e. The number of halogens is 2. The molecule has 2 heterocycles. The number of alkyl halides is 2. The molecule has 8 nitrogen and oxygen atoms in total. The number of nitrogen functional groups attached to an aromatic ring is 1. The SMILES string of the molecule is CSCC(=O)Nc1c2c(nn1-c1ccc(N)cc1)C[C@H](CCc1cccc(OCCCC(C)(F)F)c1)NC2=O. The van der Waals surface area contributed by atoms with E-state index in [-0.39, 0.29) is 43.1 Å². The summed E-state index contributed by atoms with van der Waals surface area (Å²) in [5.41, 5.74) is 9.11. The predicted molar refractivity (Wildman–Crippen MR) is 150 cm³/mol. The number of fused-ring (bicyclic) bond motifs is 1. The fourth-order valence-corrected chi connectivity index (χ4v) is 4.82. The molecule has 0 aliphatic carbocycles. The third-order valence-electron chi connectivity index (χ3n) is 6.34. The van der Waals surface area contributed by atoms with Crippen molar-refractivity contribution in [2.24, 2.45) is 0 Å². The number of aromatic nitrogens is 2. The summed E-state index contributed by atoms with van der Waals surface area (Å²) in [6.45, 7) is 1.13. The highest BCUT2D eigenvalue weighted by Crippen LogP contribution is 2.29. The van der Waals surface area contributed by atoms with E-state index in [1.165, 1.54) is 11.8 Å². The first-order chi connectivity index (χ1) is 18.6. The van der Waals surface area contributed by atoms with E-state index in [4.69, 9.17) is 15.6 Å². The Bertz CT molecular complexity index is 1310. The van der Waals surface area contributed by atoms with Gasteiger partial charge in [0.2, 0.25) is 11.8 Å². The fraction of sp³-hybridized carbons (Fsp3) is 0.393. The van der Waals surface area contributed by atoms with E-state index in [1.54, 1.807) is 35.0 Å². The van der Waals surface area contributed by atoms with Crippen LogP contribution in [-0.2, 0) is 17.6 Å². The minimum Gasteiger partial charge on any atom is -0.494 e. The lowest BCUT2D eigenvalue weighted by molar-refractivity contribution is -0.113. The summed E-state index contributed by atoms with van der Waals surface area (Å²) in [6.07, 6.45) is 3.75. The van der Waals surface area contributed by atoms with Gasteiger partial charge in [-0.2, -0.15) is 16.9 Å². The minimum atomic E-state index is -2.69. The largest absolute Gasteiger partial charge is 0.494 e. The monoisotopic (exact) mass is 557 g/mol. The Balaban J connectivity index is 1.45. The summed E-state index contributed by atoms with van der Waals surface area (Å²) in [5, 5.41) is 10.6. The van der Waals surface area contributed by atoms with E-state index >= 15 is 0 Å². The molecule has 1 aromatic heterocycles. The van der Waals surface area contributed by atoms with Crippen molar-refractivity contribution in [2.75, 3.05) is 29.7 Å². The Kier molecular flexibility index (Phi) is 9.11. The molecule has 11 heteroatoms. The van der Waals surface area contributed by atoms with Gasteiger partial charge in [0, 0.05) is 24.6 Å². The highest BCUT2D eigenvalue weighted by Gasteiger charge is 2.32. The highest BCUT2D eigenvalue weighted by atomic mass is 32.2. The zero-order chi connectivity index (χ0) is 28.0. The normalized spacial score (nSPS) is 15.0. The second-order valence-electron chi connectivity index (χ2n) is 9.74. The van der Waals surface area contributed by atoms with Crippen molar-refractivity contribution < 1.29 is 23.1 Å². The second kappa shape index (κ2) is 12.5. The quantitative estimate of drug-likeness (QED) is 0.217. The summed E-state index contributed by atoms with van der Waals surface area (Å²) in [6, 6.07) is 14.5. The molecular weight excluding hydrogens is 524 g/mol. The van der Waals surface area contributed by atoms with Crippen LogP contribution in [0.25, 0.3) is 5.69 Å². The maximum atomic E-state index is 13.2. The molecule has 0 bridgehead atoms. The van der Waals surface area contributed by atoms with Crippen LogP contribution in [0.1, 0.15) is 47.8 Å².